The fourth-order valence-corrected chi connectivity index (χ4v) is 3.44. The quantitative estimate of drug-likeness (QED) is 0.373. The van der Waals surface area contributed by atoms with Crippen LogP contribution in [0, 0.1) is 22.9 Å². The lowest BCUT2D eigenvalue weighted by molar-refractivity contribution is -0.386. The zero-order chi connectivity index (χ0) is 22.0. The Hall–Kier alpha value is -4.21. The van der Waals surface area contributed by atoms with Crippen molar-refractivity contribution in [3.05, 3.63) is 93.9 Å². The van der Waals surface area contributed by atoms with Crippen LogP contribution in [0.25, 0.3) is 11.3 Å². The Bertz CT molecular complexity index is 1170. The van der Waals surface area contributed by atoms with Crippen molar-refractivity contribution in [1.82, 2.24) is 25.0 Å². The first-order valence-corrected chi connectivity index (χ1v) is 9.38. The van der Waals surface area contributed by atoms with E-state index in [0.29, 0.717) is 28.3 Å². The van der Waals surface area contributed by atoms with Crippen LogP contribution in [0.2, 0.25) is 0 Å². The minimum atomic E-state index is -0.966. The molecule has 0 spiro atoms. The second kappa shape index (κ2) is 8.27. The van der Waals surface area contributed by atoms with E-state index in [1.807, 2.05) is 0 Å². The molecule has 0 aliphatic rings. The van der Waals surface area contributed by atoms with Crippen molar-refractivity contribution >= 4 is 11.4 Å². The highest BCUT2D eigenvalue weighted by molar-refractivity contribution is 5.74. The molecule has 1 N–H and O–H groups in total. The van der Waals surface area contributed by atoms with Gasteiger partial charge in [-0.1, -0.05) is 17.3 Å². The minimum absolute atomic E-state index is 0.00176. The van der Waals surface area contributed by atoms with E-state index in [2.05, 4.69) is 25.6 Å². The number of aryl methyl sites for hydroxylation is 2. The molecule has 3 heterocycles. The van der Waals surface area contributed by atoms with Crippen molar-refractivity contribution in [2.45, 2.75) is 13.0 Å². The molecule has 3 aromatic heterocycles. The predicted octanol–water partition coefficient (Wildman–Crippen LogP) is 3.83. The molecule has 0 fully saturated rings. The third kappa shape index (κ3) is 3.95. The van der Waals surface area contributed by atoms with E-state index in [9.17, 15) is 14.5 Å². The van der Waals surface area contributed by atoms with Crippen LogP contribution in [-0.4, -0.2) is 29.9 Å². The molecule has 0 amide bonds. The van der Waals surface area contributed by atoms with Crippen molar-refractivity contribution in [2.24, 2.45) is 7.05 Å². The number of pyridine rings is 2. The summed E-state index contributed by atoms with van der Waals surface area (Å²) in [6.45, 7) is 1.74. The molecule has 0 unspecified atom stereocenters. The normalized spacial score (nSPS) is 11.0. The average molecular weight is 419 g/mol. The van der Waals surface area contributed by atoms with Gasteiger partial charge >= 0.3 is 5.69 Å². The van der Waals surface area contributed by atoms with Crippen LogP contribution in [-0.2, 0) is 7.05 Å². The lowest BCUT2D eigenvalue weighted by atomic mass is 10.0. The highest BCUT2D eigenvalue weighted by Gasteiger charge is 2.27. The Morgan fingerprint density at radius 2 is 1.74 bits per heavy atom. The Morgan fingerprint density at radius 3 is 2.23 bits per heavy atom. The summed E-state index contributed by atoms with van der Waals surface area (Å²) in [7, 11) is 1.67. The fraction of sp³-hybridized carbons (Fsp3) is 0.143. The second-order valence-corrected chi connectivity index (χ2v) is 6.84. The third-order valence-electron chi connectivity index (χ3n) is 4.78. The molecule has 0 aliphatic heterocycles. The monoisotopic (exact) mass is 419 g/mol. The van der Waals surface area contributed by atoms with Gasteiger partial charge in [0.05, 0.1) is 27.7 Å². The number of rotatable bonds is 6. The number of nitro benzene ring substituents is 1. The number of halogens is 1. The molecule has 1 aromatic carbocycles. The SMILES string of the molecule is Cc1nnn(C)c1-c1cc(F)c([N+](=O)[O-])c(NC(c2ccccn2)c2ccccn2)c1. The Morgan fingerprint density at radius 1 is 1.10 bits per heavy atom. The maximum Gasteiger partial charge on any atom is 0.327 e. The summed E-state index contributed by atoms with van der Waals surface area (Å²) in [5.74, 6) is -0.966. The van der Waals surface area contributed by atoms with E-state index in [-0.39, 0.29) is 5.69 Å². The summed E-state index contributed by atoms with van der Waals surface area (Å²) < 4.78 is 16.4. The van der Waals surface area contributed by atoms with Gasteiger partial charge in [0, 0.05) is 25.0 Å². The Labute approximate surface area is 176 Å². The van der Waals surface area contributed by atoms with E-state index >= 15 is 0 Å². The average Bonchev–Trinajstić information content (AvgIpc) is 3.10. The van der Waals surface area contributed by atoms with Crippen LogP contribution in [0.3, 0.4) is 0 Å². The molecule has 0 saturated carbocycles. The van der Waals surface area contributed by atoms with Gasteiger partial charge in [-0.15, -0.1) is 5.10 Å². The van der Waals surface area contributed by atoms with Gasteiger partial charge in [-0.05, 0) is 43.3 Å². The van der Waals surface area contributed by atoms with Gasteiger partial charge in [0.2, 0.25) is 5.82 Å². The first kappa shape index (κ1) is 20.1. The van der Waals surface area contributed by atoms with E-state index in [1.54, 1.807) is 62.8 Å². The lowest BCUT2D eigenvalue weighted by Gasteiger charge is -2.20. The number of anilines is 1. The maximum absolute atomic E-state index is 14.9. The highest BCUT2D eigenvalue weighted by atomic mass is 19.1. The molecular formula is C21H18FN7O2. The van der Waals surface area contributed by atoms with E-state index < -0.39 is 22.5 Å². The zero-order valence-electron chi connectivity index (χ0n) is 16.7. The van der Waals surface area contributed by atoms with Gasteiger partial charge in [-0.25, -0.2) is 4.68 Å². The Balaban J connectivity index is 1.87. The van der Waals surface area contributed by atoms with Gasteiger partial charge in [-0.3, -0.25) is 20.1 Å². The Kier molecular flexibility index (Phi) is 5.35. The molecule has 4 rings (SSSR count). The van der Waals surface area contributed by atoms with Crippen molar-refractivity contribution in [2.75, 3.05) is 5.32 Å². The fourth-order valence-electron chi connectivity index (χ4n) is 3.44. The van der Waals surface area contributed by atoms with Crippen LogP contribution in [0.15, 0.2) is 60.9 Å². The number of nitrogens with zero attached hydrogens (tertiary/aromatic N) is 6. The molecule has 156 valence electrons. The van der Waals surface area contributed by atoms with Gasteiger partial charge in [0.1, 0.15) is 11.7 Å². The molecule has 0 saturated heterocycles. The van der Waals surface area contributed by atoms with Crippen LogP contribution < -0.4 is 5.32 Å². The number of hydrogen-bond donors (Lipinski definition) is 1. The van der Waals surface area contributed by atoms with Crippen LogP contribution in [0.1, 0.15) is 23.1 Å². The molecule has 0 atom stereocenters. The summed E-state index contributed by atoms with van der Waals surface area (Å²) in [4.78, 5) is 19.7. The van der Waals surface area contributed by atoms with Gasteiger partial charge < -0.3 is 5.32 Å². The topological polar surface area (TPSA) is 112 Å². The standard InChI is InChI=1S/C21H18FN7O2/c1-13-20(28(2)27-26-13)14-11-15(22)21(29(30)31)18(12-14)25-19(16-7-3-5-9-23-16)17-8-4-6-10-24-17/h3-12,19,25H,1-2H3. The second-order valence-electron chi connectivity index (χ2n) is 6.84. The molecule has 31 heavy (non-hydrogen) atoms. The summed E-state index contributed by atoms with van der Waals surface area (Å²) in [5, 5.41) is 22.7. The molecular weight excluding hydrogens is 401 g/mol. The first-order valence-electron chi connectivity index (χ1n) is 9.38. The van der Waals surface area contributed by atoms with Gasteiger partial charge in [0.15, 0.2) is 0 Å². The summed E-state index contributed by atoms with van der Waals surface area (Å²) in [6, 6.07) is 12.7. The van der Waals surface area contributed by atoms with Crippen molar-refractivity contribution in [3.63, 3.8) is 0 Å². The van der Waals surface area contributed by atoms with E-state index in [0.717, 1.165) is 6.07 Å². The summed E-state index contributed by atoms with van der Waals surface area (Å²) >= 11 is 0. The third-order valence-corrected chi connectivity index (χ3v) is 4.78. The van der Waals surface area contributed by atoms with E-state index in [4.69, 9.17) is 0 Å². The molecule has 4 aromatic rings. The summed E-state index contributed by atoms with van der Waals surface area (Å²) in [6.07, 6.45) is 3.23. The highest BCUT2D eigenvalue weighted by Crippen LogP contribution is 2.37. The first-order chi connectivity index (χ1) is 15.0. The number of nitrogens with one attached hydrogen (secondary N) is 1. The molecule has 9 nitrogen and oxygen atoms in total. The van der Waals surface area contributed by atoms with Crippen LogP contribution in [0.5, 0.6) is 0 Å². The van der Waals surface area contributed by atoms with Crippen LogP contribution >= 0.6 is 0 Å². The number of benzene rings is 1. The minimum Gasteiger partial charge on any atom is -0.366 e. The number of aromatic nitrogens is 5. The van der Waals surface area contributed by atoms with Crippen molar-refractivity contribution in [1.29, 1.82) is 0 Å². The van der Waals surface area contributed by atoms with Gasteiger partial charge in [0.25, 0.3) is 0 Å². The van der Waals surface area contributed by atoms with Gasteiger partial charge in [-0.2, -0.15) is 4.39 Å². The van der Waals surface area contributed by atoms with Crippen molar-refractivity contribution in [3.8, 4) is 11.3 Å². The smallest absolute Gasteiger partial charge is 0.327 e. The lowest BCUT2D eigenvalue weighted by Crippen LogP contribution is -2.16. The van der Waals surface area contributed by atoms with Crippen LogP contribution in [0.4, 0.5) is 15.8 Å². The summed E-state index contributed by atoms with van der Waals surface area (Å²) in [5.41, 5.74) is 2.06. The van der Waals surface area contributed by atoms with Crippen molar-refractivity contribution < 1.29 is 9.31 Å². The maximum atomic E-state index is 14.9. The van der Waals surface area contributed by atoms with E-state index in [1.165, 1.54) is 10.7 Å². The molecule has 10 heteroatoms. The number of nitro groups is 1. The predicted molar refractivity (Wildman–Crippen MR) is 112 cm³/mol. The number of hydrogen-bond acceptors (Lipinski definition) is 7. The molecule has 0 bridgehead atoms. The zero-order valence-corrected chi connectivity index (χ0v) is 16.7. The molecule has 0 aliphatic carbocycles. The molecule has 0 radical (unpaired) electrons. The largest absolute Gasteiger partial charge is 0.366 e.